The van der Waals surface area contributed by atoms with Crippen molar-refractivity contribution in [3.05, 3.63) is 66.0 Å². The minimum Gasteiger partial charge on any atom is -0.487 e. The van der Waals surface area contributed by atoms with Crippen LogP contribution >= 0.6 is 0 Å². The molecule has 0 unspecified atom stereocenters. The average Bonchev–Trinajstić information content (AvgIpc) is 3.34. The summed E-state index contributed by atoms with van der Waals surface area (Å²) in [7, 11) is 0. The number of alkyl halides is 3. The molecule has 7 nitrogen and oxygen atoms in total. The van der Waals surface area contributed by atoms with E-state index in [2.05, 4.69) is 21.0 Å². The van der Waals surface area contributed by atoms with Crippen molar-refractivity contribution in [1.29, 1.82) is 5.26 Å². The van der Waals surface area contributed by atoms with E-state index in [1.807, 2.05) is 10.6 Å². The number of benzene rings is 1. The van der Waals surface area contributed by atoms with Crippen LogP contribution in [0.2, 0.25) is 0 Å². The van der Waals surface area contributed by atoms with Crippen LogP contribution in [0.3, 0.4) is 0 Å². The number of hydrogen-bond acceptors (Lipinski definition) is 6. The van der Waals surface area contributed by atoms with Crippen molar-refractivity contribution in [2.24, 2.45) is 0 Å². The van der Waals surface area contributed by atoms with E-state index < -0.39 is 11.9 Å². The minimum atomic E-state index is -4.55. The van der Waals surface area contributed by atoms with Crippen molar-refractivity contribution in [3.63, 3.8) is 0 Å². The van der Waals surface area contributed by atoms with E-state index in [-0.39, 0.29) is 24.1 Å². The molecule has 4 aromatic rings. The lowest BCUT2D eigenvalue weighted by Gasteiger charge is -2.14. The highest BCUT2D eigenvalue weighted by molar-refractivity contribution is 5.78. The summed E-state index contributed by atoms with van der Waals surface area (Å²) in [5.41, 5.74) is 1.31. The fourth-order valence-electron chi connectivity index (χ4n) is 3.53. The van der Waals surface area contributed by atoms with Gasteiger partial charge < -0.3 is 9.47 Å². The first-order valence-corrected chi connectivity index (χ1v) is 9.62. The monoisotopic (exact) mass is 437 g/mol. The number of rotatable bonds is 4. The highest BCUT2D eigenvalue weighted by Crippen LogP contribution is 2.33. The Balaban J connectivity index is 1.34. The molecule has 1 aromatic carbocycles. The first-order valence-electron chi connectivity index (χ1n) is 9.62. The van der Waals surface area contributed by atoms with E-state index in [9.17, 15) is 13.2 Å². The smallest absolute Gasteiger partial charge is 0.433 e. The molecule has 1 aliphatic rings. The number of halogens is 3. The van der Waals surface area contributed by atoms with Gasteiger partial charge in [0.2, 0.25) is 0 Å². The summed E-state index contributed by atoms with van der Waals surface area (Å²) in [6.45, 7) is 0.619. The van der Waals surface area contributed by atoms with Crippen LogP contribution in [0.1, 0.15) is 11.3 Å². The van der Waals surface area contributed by atoms with Gasteiger partial charge in [-0.25, -0.2) is 4.98 Å². The fraction of sp³-hybridized carbons (Fsp3) is 0.182. The van der Waals surface area contributed by atoms with Gasteiger partial charge in [-0.1, -0.05) is 6.07 Å². The Morgan fingerprint density at radius 3 is 2.84 bits per heavy atom. The Morgan fingerprint density at radius 2 is 2.03 bits per heavy atom. The van der Waals surface area contributed by atoms with Crippen LogP contribution in [0.4, 0.5) is 13.2 Å². The largest absolute Gasteiger partial charge is 0.487 e. The maximum Gasteiger partial charge on any atom is 0.433 e. The molecule has 0 radical (unpaired) electrons. The third kappa shape index (κ3) is 3.58. The minimum absolute atomic E-state index is 0.0648. The molecule has 0 aliphatic carbocycles. The second-order valence-corrected chi connectivity index (χ2v) is 7.13. The van der Waals surface area contributed by atoms with Gasteiger partial charge in [-0.2, -0.15) is 23.4 Å². The van der Waals surface area contributed by atoms with E-state index in [0.717, 1.165) is 11.6 Å². The summed E-state index contributed by atoms with van der Waals surface area (Å²) in [5, 5.41) is 9.03. The third-order valence-electron chi connectivity index (χ3n) is 4.98. The van der Waals surface area contributed by atoms with Crippen LogP contribution in [0.25, 0.3) is 22.4 Å². The summed E-state index contributed by atoms with van der Waals surface area (Å²) in [4.78, 5) is 12.3. The second-order valence-electron chi connectivity index (χ2n) is 7.13. The molecule has 0 saturated heterocycles. The zero-order valence-corrected chi connectivity index (χ0v) is 16.4. The number of ether oxygens (including phenoxy) is 2. The summed E-state index contributed by atoms with van der Waals surface area (Å²) in [6, 6.07) is 14.6. The lowest BCUT2D eigenvalue weighted by atomic mass is 10.2. The molecule has 0 N–H and O–H groups in total. The van der Waals surface area contributed by atoms with Crippen LogP contribution in [-0.2, 0) is 12.7 Å². The summed E-state index contributed by atoms with van der Waals surface area (Å²) < 4.78 is 52.7. The molecule has 10 heteroatoms. The Bertz CT molecular complexity index is 1360. The first-order chi connectivity index (χ1) is 15.4. The van der Waals surface area contributed by atoms with Crippen LogP contribution in [0.5, 0.6) is 11.8 Å². The standard InChI is InChI=1S/C22H14F3N5O2/c23-22(24,25)19-5-1-3-15(28-19)20-18(4-2-8-27-20)31-12-14-11-30-17-7-6-13(10-26)9-16(17)29-21(30)32-14/h1-9,14H,11-12H2/t14-/m0/s1. The van der Waals surface area contributed by atoms with Gasteiger partial charge in [0.15, 0.2) is 6.10 Å². The maximum atomic E-state index is 13.0. The zero-order chi connectivity index (χ0) is 22.3. The Labute approximate surface area is 179 Å². The Morgan fingerprint density at radius 1 is 1.16 bits per heavy atom. The molecule has 4 heterocycles. The number of fused-ring (bicyclic) bond motifs is 3. The van der Waals surface area contributed by atoms with Crippen molar-refractivity contribution in [2.45, 2.75) is 18.8 Å². The fourth-order valence-corrected chi connectivity index (χ4v) is 3.53. The van der Waals surface area contributed by atoms with Crippen molar-refractivity contribution in [3.8, 4) is 29.2 Å². The topological polar surface area (TPSA) is 85.9 Å². The molecular weight excluding hydrogens is 423 g/mol. The van der Waals surface area contributed by atoms with Crippen LogP contribution < -0.4 is 9.47 Å². The highest BCUT2D eigenvalue weighted by atomic mass is 19.4. The highest BCUT2D eigenvalue weighted by Gasteiger charge is 2.33. The normalized spacial score (nSPS) is 15.2. The Kier molecular flexibility index (Phi) is 4.66. The van der Waals surface area contributed by atoms with Gasteiger partial charge >= 0.3 is 6.18 Å². The van der Waals surface area contributed by atoms with Gasteiger partial charge in [0.1, 0.15) is 23.7 Å². The summed E-state index contributed by atoms with van der Waals surface area (Å²) in [6.07, 6.45) is -3.44. The van der Waals surface area contributed by atoms with E-state index >= 15 is 0 Å². The van der Waals surface area contributed by atoms with Crippen molar-refractivity contribution < 1.29 is 22.6 Å². The molecule has 1 atom stereocenters. The van der Waals surface area contributed by atoms with Crippen LogP contribution in [-0.4, -0.2) is 32.2 Å². The van der Waals surface area contributed by atoms with Crippen molar-refractivity contribution >= 4 is 11.0 Å². The molecule has 0 bridgehead atoms. The molecule has 3 aromatic heterocycles. The first kappa shape index (κ1) is 19.8. The van der Waals surface area contributed by atoms with Crippen LogP contribution in [0, 0.1) is 11.3 Å². The average molecular weight is 437 g/mol. The molecule has 32 heavy (non-hydrogen) atoms. The van der Waals surface area contributed by atoms with Gasteiger partial charge in [0, 0.05) is 6.20 Å². The second kappa shape index (κ2) is 7.53. The SMILES string of the molecule is N#Cc1ccc2c(c1)nc1n2C[C@@H](COc2cccnc2-c2cccc(C(F)(F)F)n2)O1. The molecule has 160 valence electrons. The van der Waals surface area contributed by atoms with Crippen molar-refractivity contribution in [1.82, 2.24) is 19.5 Å². The maximum absolute atomic E-state index is 13.0. The quantitative estimate of drug-likeness (QED) is 0.475. The van der Waals surface area contributed by atoms with Gasteiger partial charge in [0.25, 0.3) is 6.01 Å². The van der Waals surface area contributed by atoms with Gasteiger partial charge in [-0.3, -0.25) is 9.55 Å². The van der Waals surface area contributed by atoms with E-state index in [1.54, 1.807) is 24.3 Å². The number of hydrogen-bond donors (Lipinski definition) is 0. The van der Waals surface area contributed by atoms with Gasteiger partial charge in [-0.15, -0.1) is 0 Å². The molecule has 5 rings (SSSR count). The number of aromatic nitrogens is 4. The van der Waals surface area contributed by atoms with E-state index in [0.29, 0.717) is 29.4 Å². The molecular formula is C22H14F3N5O2. The van der Waals surface area contributed by atoms with E-state index in [1.165, 1.54) is 18.3 Å². The number of nitrogens with zero attached hydrogens (tertiary/aromatic N) is 5. The van der Waals surface area contributed by atoms with Crippen molar-refractivity contribution in [2.75, 3.05) is 6.61 Å². The number of imidazole rings is 1. The summed E-state index contributed by atoms with van der Waals surface area (Å²) >= 11 is 0. The van der Waals surface area contributed by atoms with E-state index in [4.69, 9.17) is 14.7 Å². The third-order valence-corrected chi connectivity index (χ3v) is 4.98. The molecule has 1 aliphatic heterocycles. The molecule has 0 fully saturated rings. The Hall–Kier alpha value is -4.13. The molecule has 0 amide bonds. The predicted molar refractivity (Wildman–Crippen MR) is 107 cm³/mol. The lowest BCUT2D eigenvalue weighted by molar-refractivity contribution is -0.141. The van der Waals surface area contributed by atoms with Gasteiger partial charge in [-0.05, 0) is 42.5 Å². The predicted octanol–water partition coefficient (Wildman–Crippen LogP) is 4.22. The lowest BCUT2D eigenvalue weighted by Crippen LogP contribution is -2.24. The van der Waals surface area contributed by atoms with Crippen LogP contribution in [0.15, 0.2) is 54.7 Å². The summed E-state index contributed by atoms with van der Waals surface area (Å²) in [5.74, 6) is 0.302. The molecule has 0 spiro atoms. The molecule has 0 saturated carbocycles. The zero-order valence-electron chi connectivity index (χ0n) is 16.4. The number of pyridine rings is 2. The number of nitriles is 1. The van der Waals surface area contributed by atoms with Gasteiger partial charge in [0.05, 0.1) is 34.9 Å².